The van der Waals surface area contributed by atoms with E-state index in [1.807, 2.05) is 11.8 Å². The van der Waals surface area contributed by atoms with Crippen molar-refractivity contribution in [2.75, 3.05) is 29.0 Å². The van der Waals surface area contributed by atoms with Gasteiger partial charge in [0.25, 0.3) is 5.91 Å². The minimum Gasteiger partial charge on any atom is -0.397 e. The third-order valence-electron chi connectivity index (χ3n) is 6.25. The molecule has 0 spiro atoms. The lowest BCUT2D eigenvalue weighted by Gasteiger charge is -2.40. The highest BCUT2D eigenvalue weighted by molar-refractivity contribution is 6.03. The molecule has 1 fully saturated rings. The van der Waals surface area contributed by atoms with Crippen molar-refractivity contribution in [3.63, 3.8) is 0 Å². The highest BCUT2D eigenvalue weighted by Crippen LogP contribution is 2.46. The van der Waals surface area contributed by atoms with Crippen molar-refractivity contribution >= 4 is 23.1 Å². The second-order valence-corrected chi connectivity index (χ2v) is 8.43. The maximum Gasteiger partial charge on any atom is 0.420 e. The Morgan fingerprint density at radius 3 is 2.51 bits per heavy atom. The number of hydrogen-bond acceptors (Lipinski definition) is 8. The summed E-state index contributed by atoms with van der Waals surface area (Å²) in [5.41, 5.74) is 10.8. The number of piperidine rings is 1. The molecule has 0 bridgehead atoms. The van der Waals surface area contributed by atoms with Gasteiger partial charge in [-0.2, -0.15) is 13.2 Å². The van der Waals surface area contributed by atoms with Gasteiger partial charge in [0.2, 0.25) is 0 Å². The monoisotopic (exact) mass is 486 g/mol. The van der Waals surface area contributed by atoms with Gasteiger partial charge in [0.1, 0.15) is 17.1 Å². The molecule has 35 heavy (non-hydrogen) atoms. The van der Waals surface area contributed by atoms with Crippen LogP contribution in [0.5, 0.6) is 0 Å². The van der Waals surface area contributed by atoms with Crippen LogP contribution in [-0.2, 0) is 6.18 Å². The normalized spacial score (nSPS) is 15.6. The molecule has 184 valence electrons. The average Bonchev–Trinajstić information content (AvgIpc) is 2.85. The first-order valence-corrected chi connectivity index (χ1v) is 11.1. The summed E-state index contributed by atoms with van der Waals surface area (Å²) in [6, 6.07) is 3.36. The summed E-state index contributed by atoms with van der Waals surface area (Å²) in [6.45, 7) is 3.15. The van der Waals surface area contributed by atoms with Gasteiger partial charge in [-0.3, -0.25) is 14.8 Å². The lowest BCUT2D eigenvalue weighted by atomic mass is 9.86. The number of anilines is 3. The molecule has 5 N–H and O–H groups in total. The van der Waals surface area contributed by atoms with E-state index in [9.17, 15) is 18.0 Å². The smallest absolute Gasteiger partial charge is 0.397 e. The van der Waals surface area contributed by atoms with Crippen LogP contribution in [0.4, 0.5) is 30.4 Å². The number of hydrogen-bond donors (Lipinski definition) is 3. The number of nitrogens with one attached hydrogen (secondary N) is 1. The van der Waals surface area contributed by atoms with Crippen LogP contribution >= 0.6 is 0 Å². The zero-order chi connectivity index (χ0) is 25.2. The Balaban J connectivity index is 1.80. The fourth-order valence-corrected chi connectivity index (χ4v) is 4.13. The zero-order valence-electron chi connectivity index (χ0n) is 19.0. The molecule has 12 heteroatoms. The fraction of sp³-hybridized carbons (Fsp3) is 0.348. The Morgan fingerprint density at radius 2 is 1.89 bits per heavy atom. The predicted molar refractivity (Wildman–Crippen MR) is 126 cm³/mol. The third kappa shape index (κ3) is 5.02. The summed E-state index contributed by atoms with van der Waals surface area (Å²) in [5, 5.41) is 2.20. The molecule has 1 amide bonds. The van der Waals surface area contributed by atoms with Crippen molar-refractivity contribution < 1.29 is 18.0 Å². The van der Waals surface area contributed by atoms with Crippen molar-refractivity contribution in [3.05, 3.63) is 54.4 Å². The van der Waals surface area contributed by atoms with Gasteiger partial charge in [0.15, 0.2) is 0 Å². The lowest BCUT2D eigenvalue weighted by molar-refractivity contribution is -0.136. The van der Waals surface area contributed by atoms with Crippen LogP contribution in [0, 0.1) is 0 Å². The minimum atomic E-state index is -4.89. The molecule has 1 aliphatic heterocycles. The van der Waals surface area contributed by atoms with Crippen molar-refractivity contribution in [2.45, 2.75) is 37.9 Å². The Bertz CT molecular complexity index is 1210. The number of amides is 1. The van der Waals surface area contributed by atoms with Crippen LogP contribution < -0.4 is 21.7 Å². The van der Waals surface area contributed by atoms with Crippen LogP contribution in [0.3, 0.4) is 0 Å². The Morgan fingerprint density at radius 1 is 1.14 bits per heavy atom. The van der Waals surface area contributed by atoms with Crippen LogP contribution in [0.2, 0.25) is 0 Å². The number of aromatic nitrogens is 4. The van der Waals surface area contributed by atoms with E-state index in [2.05, 4.69) is 25.3 Å². The predicted octanol–water partition coefficient (Wildman–Crippen LogP) is 3.49. The molecule has 9 nitrogen and oxygen atoms in total. The number of carbonyl (C=O) groups is 1. The fourth-order valence-electron chi connectivity index (χ4n) is 4.13. The summed E-state index contributed by atoms with van der Waals surface area (Å²) >= 11 is 0. The third-order valence-corrected chi connectivity index (χ3v) is 6.25. The van der Waals surface area contributed by atoms with Crippen LogP contribution in [0.1, 0.15) is 42.2 Å². The standard InChI is InChI=1S/C23H25F3N8O/c1-2-22(28)5-10-34(11-6-22)16-4-3-7-31-19(16)17-14(27)12-32-20(18(17)23(24,25)26)33-21(35)15-13-29-8-9-30-15/h3-4,7-9,12-13H,2,5-6,10-11,27-28H2,1H3,(H,32,33,35). The lowest BCUT2D eigenvalue weighted by Crippen LogP contribution is -2.50. The second kappa shape index (κ2) is 9.45. The van der Waals surface area contributed by atoms with Crippen molar-refractivity contribution in [2.24, 2.45) is 5.73 Å². The number of halogens is 3. The summed E-state index contributed by atoms with van der Waals surface area (Å²) in [7, 11) is 0. The highest BCUT2D eigenvalue weighted by atomic mass is 19.4. The summed E-state index contributed by atoms with van der Waals surface area (Å²) < 4.78 is 43.2. The van der Waals surface area contributed by atoms with Crippen molar-refractivity contribution in [1.29, 1.82) is 0 Å². The number of nitrogens with two attached hydrogens (primary N) is 2. The number of nitrogen functional groups attached to an aromatic ring is 1. The average molecular weight is 487 g/mol. The number of rotatable bonds is 5. The molecule has 0 aliphatic carbocycles. The van der Waals surface area contributed by atoms with Gasteiger partial charge in [-0.05, 0) is 31.4 Å². The van der Waals surface area contributed by atoms with Crippen molar-refractivity contribution in [3.8, 4) is 11.3 Å². The Labute approximate surface area is 199 Å². The molecular weight excluding hydrogens is 461 g/mol. The molecule has 4 heterocycles. The number of alkyl halides is 3. The van der Waals surface area contributed by atoms with E-state index in [-0.39, 0.29) is 28.2 Å². The zero-order valence-corrected chi connectivity index (χ0v) is 19.0. The molecule has 3 aromatic rings. The minimum absolute atomic E-state index is 0.0516. The second-order valence-electron chi connectivity index (χ2n) is 8.43. The molecule has 3 aromatic heterocycles. The maximum atomic E-state index is 14.4. The maximum absolute atomic E-state index is 14.4. The highest BCUT2D eigenvalue weighted by Gasteiger charge is 2.41. The largest absolute Gasteiger partial charge is 0.420 e. The van der Waals surface area contributed by atoms with Gasteiger partial charge in [-0.1, -0.05) is 6.92 Å². The van der Waals surface area contributed by atoms with Gasteiger partial charge in [-0.25, -0.2) is 9.97 Å². The number of carbonyl (C=O) groups excluding carboxylic acids is 1. The van der Waals surface area contributed by atoms with Crippen molar-refractivity contribution in [1.82, 2.24) is 19.9 Å². The Kier molecular flexibility index (Phi) is 6.57. The first-order chi connectivity index (χ1) is 16.6. The topological polar surface area (TPSA) is 136 Å². The number of pyridine rings is 2. The van der Waals surface area contributed by atoms with E-state index in [4.69, 9.17) is 11.5 Å². The summed E-state index contributed by atoms with van der Waals surface area (Å²) in [6.07, 6.45) is 3.52. The summed E-state index contributed by atoms with van der Waals surface area (Å²) in [4.78, 5) is 30.2. The van der Waals surface area contributed by atoms with Gasteiger partial charge in [0, 0.05) is 42.8 Å². The first kappa shape index (κ1) is 24.3. The van der Waals surface area contributed by atoms with Crippen LogP contribution in [-0.4, -0.2) is 44.5 Å². The molecular formula is C23H25F3N8O. The van der Waals surface area contributed by atoms with Gasteiger partial charge in [-0.15, -0.1) is 0 Å². The molecule has 4 rings (SSSR count). The molecule has 0 radical (unpaired) electrons. The van der Waals surface area contributed by atoms with E-state index < -0.39 is 23.5 Å². The van der Waals surface area contributed by atoms with Gasteiger partial charge < -0.3 is 21.7 Å². The molecule has 0 atom stereocenters. The molecule has 1 saturated heterocycles. The first-order valence-electron chi connectivity index (χ1n) is 11.1. The molecule has 0 unspecified atom stereocenters. The van der Waals surface area contributed by atoms with Gasteiger partial charge in [0.05, 0.1) is 29.5 Å². The van der Waals surface area contributed by atoms with E-state index in [0.717, 1.165) is 18.8 Å². The van der Waals surface area contributed by atoms with E-state index >= 15 is 0 Å². The van der Waals surface area contributed by atoms with Gasteiger partial charge >= 0.3 is 6.18 Å². The molecule has 0 saturated carbocycles. The molecule has 0 aromatic carbocycles. The van der Waals surface area contributed by atoms with E-state index in [1.54, 1.807) is 12.1 Å². The molecule has 1 aliphatic rings. The summed E-state index contributed by atoms with van der Waals surface area (Å²) in [5.74, 6) is -1.58. The Hall–Kier alpha value is -3.80. The van der Waals surface area contributed by atoms with Crippen LogP contribution in [0.25, 0.3) is 11.3 Å². The number of nitrogens with zero attached hydrogens (tertiary/aromatic N) is 5. The van der Waals surface area contributed by atoms with E-state index in [0.29, 0.717) is 31.6 Å². The van der Waals surface area contributed by atoms with Crippen LogP contribution in [0.15, 0.2) is 43.1 Å². The quantitative estimate of drug-likeness (QED) is 0.499. The van der Waals surface area contributed by atoms with E-state index in [1.165, 1.54) is 18.6 Å². The SMILES string of the molecule is CCC1(N)CCN(c2cccnc2-c2c(N)cnc(NC(=O)c3cnccn3)c2C(F)(F)F)CC1.